The third-order valence-corrected chi connectivity index (χ3v) is 1.32. The van der Waals surface area contributed by atoms with Crippen LogP contribution in [0.25, 0.3) is 0 Å². The molecule has 0 aliphatic rings. The molecule has 1 rings (SSSR count). The van der Waals surface area contributed by atoms with E-state index in [0.717, 1.165) is 6.20 Å². The van der Waals surface area contributed by atoms with Crippen molar-refractivity contribution in [2.45, 2.75) is 0 Å². The third kappa shape index (κ3) is 1.90. The Morgan fingerprint density at radius 3 is 2.50 bits per heavy atom. The molecule has 0 aliphatic carbocycles. The lowest BCUT2D eigenvalue weighted by Gasteiger charge is -2.10. The number of nitrogens with zero attached hydrogens (tertiary/aromatic N) is 3. The van der Waals surface area contributed by atoms with E-state index in [9.17, 15) is 8.63 Å². The largest absolute Gasteiger partial charge is 0.592 e. The van der Waals surface area contributed by atoms with Crippen molar-refractivity contribution in [1.29, 1.82) is 0 Å². The molecule has 0 fully saturated rings. The lowest BCUT2D eigenvalue weighted by molar-refractivity contribution is 0.681. The van der Waals surface area contributed by atoms with Crippen molar-refractivity contribution < 1.29 is 8.63 Å². The highest BCUT2D eigenvalue weighted by molar-refractivity contribution is 6.58. The summed E-state index contributed by atoms with van der Waals surface area (Å²) < 4.78 is 24.2. The van der Waals surface area contributed by atoms with Crippen LogP contribution in [0.2, 0.25) is 0 Å². The van der Waals surface area contributed by atoms with Gasteiger partial charge in [-0.1, -0.05) is 0 Å². The molecule has 1 aromatic rings. The molecule has 1 aromatic heterocycles. The van der Waals surface area contributed by atoms with Crippen molar-refractivity contribution in [1.82, 2.24) is 9.97 Å². The van der Waals surface area contributed by atoms with E-state index in [2.05, 4.69) is 9.97 Å². The molecule has 0 unspecified atom stereocenters. The van der Waals surface area contributed by atoms with Gasteiger partial charge in [0.25, 0.3) is 0 Å². The standard InChI is InChI=1S/C6H8BF2N3/c1-12(2)6-4-10-3-5(11-6)7(8)9/h3-4H,1-2H3. The first-order valence-corrected chi connectivity index (χ1v) is 3.38. The van der Waals surface area contributed by atoms with Crippen LogP contribution in [0.5, 0.6) is 0 Å². The third-order valence-electron chi connectivity index (χ3n) is 1.32. The minimum absolute atomic E-state index is 0.291. The normalized spacial score (nSPS) is 9.67. The number of hydrogen-bond donors (Lipinski definition) is 0. The summed E-state index contributed by atoms with van der Waals surface area (Å²) in [5.74, 6) is 0.438. The van der Waals surface area contributed by atoms with Gasteiger partial charge in [-0.25, -0.2) is 4.98 Å². The Morgan fingerprint density at radius 2 is 2.00 bits per heavy atom. The van der Waals surface area contributed by atoms with Crippen LogP contribution in [0, 0.1) is 0 Å². The van der Waals surface area contributed by atoms with Crippen molar-refractivity contribution in [2.24, 2.45) is 0 Å². The van der Waals surface area contributed by atoms with Crippen molar-refractivity contribution in [2.75, 3.05) is 19.0 Å². The van der Waals surface area contributed by atoms with E-state index in [-0.39, 0.29) is 5.59 Å². The van der Waals surface area contributed by atoms with Gasteiger partial charge in [0.05, 0.1) is 6.20 Å². The van der Waals surface area contributed by atoms with Crippen molar-refractivity contribution in [3.05, 3.63) is 12.4 Å². The predicted octanol–water partition coefficient (Wildman–Crippen LogP) is 0.177. The van der Waals surface area contributed by atoms with Gasteiger partial charge in [0.1, 0.15) is 11.4 Å². The summed E-state index contributed by atoms with van der Waals surface area (Å²) in [5.41, 5.74) is -0.291. The first-order valence-electron chi connectivity index (χ1n) is 3.38. The highest BCUT2D eigenvalue weighted by Gasteiger charge is 2.18. The SMILES string of the molecule is CN(C)c1cncc(B(F)F)n1. The minimum atomic E-state index is -2.56. The zero-order valence-corrected chi connectivity index (χ0v) is 6.83. The van der Waals surface area contributed by atoms with E-state index in [1.807, 2.05) is 0 Å². The second-order valence-electron chi connectivity index (χ2n) is 2.50. The Morgan fingerprint density at radius 1 is 1.33 bits per heavy atom. The van der Waals surface area contributed by atoms with Crippen molar-refractivity contribution in [3.8, 4) is 0 Å². The Bertz CT molecular complexity index is 243. The van der Waals surface area contributed by atoms with Crippen molar-refractivity contribution >= 4 is 18.7 Å². The molecule has 0 radical (unpaired) electrons. The second-order valence-corrected chi connectivity index (χ2v) is 2.50. The second kappa shape index (κ2) is 3.47. The summed E-state index contributed by atoms with van der Waals surface area (Å²) in [6.07, 6.45) is 2.50. The molecule has 0 spiro atoms. The molecule has 64 valence electrons. The summed E-state index contributed by atoms with van der Waals surface area (Å²) in [7, 11) is 0.885. The Kier molecular flexibility index (Phi) is 2.57. The lowest BCUT2D eigenvalue weighted by Crippen LogP contribution is -2.27. The summed E-state index contributed by atoms with van der Waals surface area (Å²) in [4.78, 5) is 8.95. The van der Waals surface area contributed by atoms with Crippen molar-refractivity contribution in [3.63, 3.8) is 0 Å². The lowest BCUT2D eigenvalue weighted by atomic mass is 9.94. The predicted molar refractivity (Wildman–Crippen MR) is 44.0 cm³/mol. The molecule has 0 atom stereocenters. The molecule has 0 aromatic carbocycles. The molecule has 0 aliphatic heterocycles. The summed E-state index contributed by atoms with van der Waals surface area (Å²) in [6, 6.07) is 0. The maximum atomic E-state index is 12.1. The average molecular weight is 171 g/mol. The van der Waals surface area contributed by atoms with Crippen LogP contribution in [0.15, 0.2) is 12.4 Å². The van der Waals surface area contributed by atoms with Gasteiger partial charge in [0.15, 0.2) is 0 Å². The van der Waals surface area contributed by atoms with E-state index in [1.54, 1.807) is 19.0 Å². The first kappa shape index (κ1) is 8.90. The summed E-state index contributed by atoms with van der Waals surface area (Å²) in [6.45, 7) is 0. The van der Waals surface area contributed by atoms with Gasteiger partial charge in [-0.15, -0.1) is 0 Å². The Balaban J connectivity index is 2.96. The maximum absolute atomic E-state index is 12.1. The van der Waals surface area contributed by atoms with Gasteiger partial charge < -0.3 is 4.90 Å². The molecule has 12 heavy (non-hydrogen) atoms. The van der Waals surface area contributed by atoms with Gasteiger partial charge in [-0.3, -0.25) is 13.6 Å². The Labute approximate surface area is 69.6 Å². The quantitative estimate of drug-likeness (QED) is 0.594. The van der Waals surface area contributed by atoms with Gasteiger partial charge in [-0.05, 0) is 0 Å². The topological polar surface area (TPSA) is 29.0 Å². The monoisotopic (exact) mass is 171 g/mol. The van der Waals surface area contributed by atoms with E-state index in [0.29, 0.717) is 5.82 Å². The van der Waals surface area contributed by atoms with Crippen LogP contribution in [0.1, 0.15) is 0 Å². The highest BCUT2D eigenvalue weighted by Crippen LogP contribution is 2.00. The highest BCUT2D eigenvalue weighted by atomic mass is 19.2. The van der Waals surface area contributed by atoms with Gasteiger partial charge in [0.2, 0.25) is 0 Å². The zero-order chi connectivity index (χ0) is 9.14. The molecular formula is C6H8BF2N3. The van der Waals surface area contributed by atoms with Gasteiger partial charge in [0, 0.05) is 20.3 Å². The molecule has 0 amide bonds. The smallest absolute Gasteiger partial charge is 0.361 e. The number of halogens is 2. The van der Waals surface area contributed by atoms with E-state index in [1.165, 1.54) is 6.20 Å². The first-order chi connectivity index (χ1) is 5.61. The van der Waals surface area contributed by atoms with Gasteiger partial charge in [-0.2, -0.15) is 0 Å². The average Bonchev–Trinajstić information content (AvgIpc) is 2.04. The fourth-order valence-electron chi connectivity index (χ4n) is 0.691. The van der Waals surface area contributed by atoms with Crippen LogP contribution in [0.3, 0.4) is 0 Å². The number of anilines is 1. The van der Waals surface area contributed by atoms with E-state index >= 15 is 0 Å². The molecule has 1 heterocycles. The molecule has 6 heteroatoms. The molecule has 0 bridgehead atoms. The molecule has 0 saturated heterocycles. The summed E-state index contributed by atoms with van der Waals surface area (Å²) in [5, 5.41) is 0. The van der Waals surface area contributed by atoms with Crippen LogP contribution >= 0.6 is 0 Å². The molecule has 3 nitrogen and oxygen atoms in total. The molecule has 0 N–H and O–H groups in total. The molecule has 0 saturated carbocycles. The minimum Gasteiger partial charge on any atom is -0.361 e. The fraction of sp³-hybridized carbons (Fsp3) is 0.333. The Hall–Kier alpha value is -1.20. The van der Waals surface area contributed by atoms with Crippen LogP contribution in [-0.2, 0) is 0 Å². The van der Waals surface area contributed by atoms with Gasteiger partial charge >= 0.3 is 7.27 Å². The maximum Gasteiger partial charge on any atom is 0.592 e. The zero-order valence-electron chi connectivity index (χ0n) is 6.83. The van der Waals surface area contributed by atoms with Crippen LogP contribution in [-0.4, -0.2) is 31.3 Å². The van der Waals surface area contributed by atoms with E-state index in [4.69, 9.17) is 0 Å². The van der Waals surface area contributed by atoms with E-state index < -0.39 is 7.27 Å². The number of hydrogen-bond acceptors (Lipinski definition) is 3. The summed E-state index contributed by atoms with van der Waals surface area (Å²) >= 11 is 0. The van der Waals surface area contributed by atoms with Crippen LogP contribution < -0.4 is 10.5 Å². The van der Waals surface area contributed by atoms with Crippen LogP contribution in [0.4, 0.5) is 14.4 Å². The molecular weight excluding hydrogens is 163 g/mol. The fourth-order valence-corrected chi connectivity index (χ4v) is 0.691. The number of rotatable bonds is 2. The number of aromatic nitrogens is 2.